The van der Waals surface area contributed by atoms with Crippen LogP contribution in [0.15, 0.2) is 71.5 Å². The average molecular weight is 397 g/mol. The largest absolute Gasteiger partial charge is 0.361 e. The van der Waals surface area contributed by atoms with Crippen LogP contribution < -0.4 is 5.32 Å². The molecule has 0 unspecified atom stereocenters. The highest BCUT2D eigenvalue weighted by Gasteiger charge is 2.13. The van der Waals surface area contributed by atoms with Crippen molar-refractivity contribution in [2.45, 2.75) is 6.92 Å². The number of nitrogens with one attached hydrogen (secondary N) is 1. The number of aromatic nitrogens is 6. The molecule has 0 aliphatic heterocycles. The standard InChI is InChI=1S/C21H15N7O2/c1-13-10-18(27-30-13)21(29)23-16-6-2-4-14(11-16)17-7-8-19-24-25-20(28(19)26-17)15-5-3-9-22-12-15/h2-12H,1H3,(H,23,29). The Bertz CT molecular complexity index is 1360. The van der Waals surface area contributed by atoms with E-state index >= 15 is 0 Å². The Morgan fingerprint density at radius 1 is 1.03 bits per heavy atom. The maximum Gasteiger partial charge on any atom is 0.277 e. The lowest BCUT2D eigenvalue weighted by atomic mass is 10.1. The molecule has 1 aromatic carbocycles. The molecule has 146 valence electrons. The number of nitrogens with zero attached hydrogens (tertiary/aromatic N) is 6. The van der Waals surface area contributed by atoms with Crippen molar-refractivity contribution in [2.24, 2.45) is 0 Å². The molecule has 0 atom stereocenters. The van der Waals surface area contributed by atoms with Crippen LogP contribution in [0.5, 0.6) is 0 Å². The van der Waals surface area contributed by atoms with E-state index in [0.717, 1.165) is 11.1 Å². The predicted molar refractivity (Wildman–Crippen MR) is 109 cm³/mol. The molecule has 0 aliphatic carbocycles. The molecule has 0 saturated carbocycles. The number of aryl methyl sites for hydroxylation is 1. The van der Waals surface area contributed by atoms with E-state index in [-0.39, 0.29) is 11.6 Å². The maximum absolute atomic E-state index is 12.3. The molecule has 4 aromatic heterocycles. The monoisotopic (exact) mass is 397 g/mol. The van der Waals surface area contributed by atoms with Crippen molar-refractivity contribution in [3.63, 3.8) is 0 Å². The number of pyridine rings is 1. The molecule has 5 rings (SSSR count). The van der Waals surface area contributed by atoms with Gasteiger partial charge in [-0.2, -0.15) is 9.61 Å². The number of amides is 1. The summed E-state index contributed by atoms with van der Waals surface area (Å²) < 4.78 is 6.63. The lowest BCUT2D eigenvalue weighted by Gasteiger charge is -2.07. The fourth-order valence-electron chi connectivity index (χ4n) is 3.04. The van der Waals surface area contributed by atoms with Gasteiger partial charge in [0, 0.05) is 35.3 Å². The van der Waals surface area contributed by atoms with Crippen molar-refractivity contribution in [2.75, 3.05) is 5.32 Å². The molecular weight excluding hydrogens is 382 g/mol. The summed E-state index contributed by atoms with van der Waals surface area (Å²) in [6.45, 7) is 1.73. The Kier molecular flexibility index (Phi) is 4.25. The first-order chi connectivity index (χ1) is 14.7. The van der Waals surface area contributed by atoms with E-state index in [1.54, 1.807) is 36.0 Å². The number of hydrogen-bond donors (Lipinski definition) is 1. The van der Waals surface area contributed by atoms with Gasteiger partial charge in [0.05, 0.1) is 5.69 Å². The first kappa shape index (κ1) is 17.7. The zero-order valence-corrected chi connectivity index (χ0v) is 15.9. The Balaban J connectivity index is 1.48. The number of rotatable bonds is 4. The molecule has 0 saturated heterocycles. The molecule has 0 radical (unpaired) electrons. The highest BCUT2D eigenvalue weighted by Crippen LogP contribution is 2.23. The van der Waals surface area contributed by atoms with E-state index in [2.05, 4.69) is 30.8 Å². The first-order valence-corrected chi connectivity index (χ1v) is 9.15. The van der Waals surface area contributed by atoms with E-state index in [4.69, 9.17) is 4.52 Å². The van der Waals surface area contributed by atoms with Crippen molar-refractivity contribution in [3.05, 3.63) is 78.4 Å². The minimum absolute atomic E-state index is 0.225. The van der Waals surface area contributed by atoms with E-state index in [9.17, 15) is 4.79 Å². The molecule has 0 bridgehead atoms. The van der Waals surface area contributed by atoms with Gasteiger partial charge >= 0.3 is 0 Å². The third kappa shape index (κ3) is 3.28. The molecule has 0 aliphatic rings. The summed E-state index contributed by atoms with van der Waals surface area (Å²) in [6, 6.07) is 16.4. The van der Waals surface area contributed by atoms with Crippen molar-refractivity contribution in [1.29, 1.82) is 0 Å². The fourth-order valence-corrected chi connectivity index (χ4v) is 3.04. The van der Waals surface area contributed by atoms with Gasteiger partial charge in [0.2, 0.25) is 0 Å². The minimum Gasteiger partial charge on any atom is -0.361 e. The van der Waals surface area contributed by atoms with Gasteiger partial charge in [0.25, 0.3) is 5.91 Å². The SMILES string of the molecule is Cc1cc(C(=O)Nc2cccc(-c3ccc4nnc(-c5cccnc5)n4n3)c2)no1. The fraction of sp³-hybridized carbons (Fsp3) is 0.0476. The van der Waals surface area contributed by atoms with Gasteiger partial charge in [-0.3, -0.25) is 9.78 Å². The van der Waals surface area contributed by atoms with Gasteiger partial charge in [-0.15, -0.1) is 10.2 Å². The Hall–Kier alpha value is -4.40. The van der Waals surface area contributed by atoms with E-state index in [0.29, 0.717) is 28.6 Å². The summed E-state index contributed by atoms with van der Waals surface area (Å²) in [6.07, 6.45) is 3.42. The second-order valence-corrected chi connectivity index (χ2v) is 6.61. The van der Waals surface area contributed by atoms with Crippen molar-refractivity contribution in [3.8, 4) is 22.6 Å². The molecule has 9 heteroatoms. The third-order valence-corrected chi connectivity index (χ3v) is 4.46. The van der Waals surface area contributed by atoms with Gasteiger partial charge in [0.1, 0.15) is 5.76 Å². The summed E-state index contributed by atoms with van der Waals surface area (Å²) in [4.78, 5) is 16.5. The van der Waals surface area contributed by atoms with Crippen molar-refractivity contribution >= 4 is 17.2 Å². The molecule has 0 spiro atoms. The lowest BCUT2D eigenvalue weighted by molar-refractivity contribution is 0.101. The summed E-state index contributed by atoms with van der Waals surface area (Å²) in [5.41, 5.74) is 3.83. The maximum atomic E-state index is 12.3. The van der Waals surface area contributed by atoms with Crippen LogP contribution in [0.3, 0.4) is 0 Å². The zero-order valence-electron chi connectivity index (χ0n) is 15.9. The van der Waals surface area contributed by atoms with Crippen LogP contribution in [-0.2, 0) is 0 Å². The average Bonchev–Trinajstić information content (AvgIpc) is 3.40. The van der Waals surface area contributed by atoms with Crippen LogP contribution in [0, 0.1) is 6.92 Å². The van der Waals surface area contributed by atoms with Gasteiger partial charge < -0.3 is 9.84 Å². The highest BCUT2D eigenvalue weighted by atomic mass is 16.5. The number of benzene rings is 1. The molecule has 9 nitrogen and oxygen atoms in total. The quantitative estimate of drug-likeness (QED) is 0.495. The van der Waals surface area contributed by atoms with Gasteiger partial charge in [-0.25, -0.2) is 0 Å². The normalized spacial score (nSPS) is 11.0. The van der Waals surface area contributed by atoms with Crippen molar-refractivity contribution in [1.82, 2.24) is 30.0 Å². The van der Waals surface area contributed by atoms with Crippen LogP contribution in [0.1, 0.15) is 16.2 Å². The molecular formula is C21H15N7O2. The van der Waals surface area contributed by atoms with Crippen LogP contribution in [-0.4, -0.2) is 35.9 Å². The number of hydrogen-bond acceptors (Lipinski definition) is 7. The smallest absolute Gasteiger partial charge is 0.277 e. The lowest BCUT2D eigenvalue weighted by Crippen LogP contribution is -2.12. The third-order valence-electron chi connectivity index (χ3n) is 4.46. The minimum atomic E-state index is -0.343. The predicted octanol–water partition coefficient (Wildman–Crippen LogP) is 3.40. The molecule has 1 amide bonds. The summed E-state index contributed by atoms with van der Waals surface area (Å²) in [5.74, 6) is 0.834. The Morgan fingerprint density at radius 2 is 1.93 bits per heavy atom. The Morgan fingerprint density at radius 3 is 2.73 bits per heavy atom. The second kappa shape index (κ2) is 7.21. The first-order valence-electron chi connectivity index (χ1n) is 9.15. The van der Waals surface area contributed by atoms with Crippen LogP contribution in [0.25, 0.3) is 28.3 Å². The summed E-state index contributed by atoms with van der Waals surface area (Å²) >= 11 is 0. The van der Waals surface area contributed by atoms with Crippen LogP contribution >= 0.6 is 0 Å². The number of fused-ring (bicyclic) bond motifs is 1. The zero-order chi connectivity index (χ0) is 20.5. The van der Waals surface area contributed by atoms with Gasteiger partial charge in [-0.1, -0.05) is 17.3 Å². The number of carbonyl (C=O) groups excluding carboxylic acids is 1. The summed E-state index contributed by atoms with van der Waals surface area (Å²) in [5, 5.41) is 19.6. The topological polar surface area (TPSA) is 111 Å². The second-order valence-electron chi connectivity index (χ2n) is 6.61. The van der Waals surface area contributed by atoms with E-state index < -0.39 is 0 Å². The number of carbonyl (C=O) groups is 1. The molecule has 5 aromatic rings. The molecule has 0 fully saturated rings. The molecule has 30 heavy (non-hydrogen) atoms. The van der Waals surface area contributed by atoms with Gasteiger partial charge in [0.15, 0.2) is 17.2 Å². The van der Waals surface area contributed by atoms with E-state index in [1.165, 1.54) is 0 Å². The van der Waals surface area contributed by atoms with Gasteiger partial charge in [-0.05, 0) is 43.3 Å². The molecule has 1 N–H and O–H groups in total. The van der Waals surface area contributed by atoms with Crippen LogP contribution in [0.2, 0.25) is 0 Å². The highest BCUT2D eigenvalue weighted by molar-refractivity contribution is 6.03. The molecule has 4 heterocycles. The number of anilines is 1. The Labute approximate surface area is 170 Å². The van der Waals surface area contributed by atoms with E-state index in [1.807, 2.05) is 42.5 Å². The van der Waals surface area contributed by atoms with Crippen LogP contribution in [0.4, 0.5) is 5.69 Å². The van der Waals surface area contributed by atoms with Crippen molar-refractivity contribution < 1.29 is 9.32 Å². The summed E-state index contributed by atoms with van der Waals surface area (Å²) in [7, 11) is 0.